The molecule has 8 aliphatic carbocycles. The van der Waals surface area contributed by atoms with Crippen LogP contribution in [0.15, 0.2) is 237 Å². The molecule has 240 valence electrons. The molecular formula is C50H30N2. The summed E-state index contributed by atoms with van der Waals surface area (Å²) in [5, 5.41) is 11.0. The van der Waals surface area contributed by atoms with Gasteiger partial charge in [-0.2, -0.15) is 5.26 Å². The quantitative estimate of drug-likeness (QED) is 0.213. The summed E-state index contributed by atoms with van der Waals surface area (Å²) >= 11 is 0. The van der Waals surface area contributed by atoms with Crippen molar-refractivity contribution in [3.8, 4) is 6.07 Å². The summed E-state index contributed by atoms with van der Waals surface area (Å²) in [5.74, 6) is 0.0535. The zero-order valence-corrected chi connectivity index (χ0v) is 28.2. The van der Waals surface area contributed by atoms with Gasteiger partial charge in [0.15, 0.2) is 0 Å². The van der Waals surface area contributed by atoms with Crippen LogP contribution < -0.4 is 4.90 Å². The summed E-state index contributed by atoms with van der Waals surface area (Å²) in [6.45, 7) is 0. The molecule has 8 aliphatic rings. The highest BCUT2D eigenvalue weighted by Gasteiger charge is 2.68. The molecule has 0 heterocycles. The second-order valence-electron chi connectivity index (χ2n) is 14.6. The van der Waals surface area contributed by atoms with Gasteiger partial charge in [0.25, 0.3) is 0 Å². The Morgan fingerprint density at radius 2 is 1.00 bits per heavy atom. The Labute approximate surface area is 303 Å². The van der Waals surface area contributed by atoms with Crippen LogP contribution in [-0.2, 0) is 0 Å². The summed E-state index contributed by atoms with van der Waals surface area (Å²) in [6, 6.07) is 46.2. The number of para-hydroxylation sites is 2. The maximum absolute atomic E-state index is 11.0. The molecule has 0 saturated carbocycles. The average molecular weight is 659 g/mol. The van der Waals surface area contributed by atoms with E-state index in [9.17, 15) is 5.26 Å². The Hall–Kier alpha value is -6.69. The van der Waals surface area contributed by atoms with Gasteiger partial charge in [-0.3, -0.25) is 0 Å². The molecule has 3 atom stereocenters. The van der Waals surface area contributed by atoms with Crippen molar-refractivity contribution < 1.29 is 0 Å². The first-order chi connectivity index (χ1) is 25.8. The van der Waals surface area contributed by atoms with Crippen molar-refractivity contribution >= 4 is 22.5 Å². The minimum atomic E-state index is -0.413. The van der Waals surface area contributed by atoms with E-state index in [0.717, 1.165) is 28.1 Å². The maximum Gasteiger partial charge on any atom is 0.100 e. The second-order valence-corrected chi connectivity index (χ2v) is 14.6. The lowest BCUT2D eigenvalue weighted by atomic mass is 9.42. The zero-order valence-electron chi connectivity index (χ0n) is 28.2. The van der Waals surface area contributed by atoms with E-state index in [1.165, 1.54) is 72.6 Å². The normalized spacial score (nSPS) is 24.9. The van der Waals surface area contributed by atoms with Crippen molar-refractivity contribution in [3.05, 3.63) is 248 Å². The van der Waals surface area contributed by atoms with Gasteiger partial charge in [0.1, 0.15) is 6.07 Å². The summed E-state index contributed by atoms with van der Waals surface area (Å²) in [5.41, 5.74) is 21.8. The van der Waals surface area contributed by atoms with Crippen LogP contribution in [-0.4, -0.2) is 0 Å². The highest BCUT2D eigenvalue weighted by molar-refractivity contribution is 6.03. The number of nitrogens with zero attached hydrogens (tertiary/aromatic N) is 2. The minimum absolute atomic E-state index is 0.00956. The van der Waals surface area contributed by atoms with Crippen LogP contribution in [0.1, 0.15) is 11.1 Å². The van der Waals surface area contributed by atoms with E-state index >= 15 is 0 Å². The molecule has 3 unspecified atom stereocenters. The lowest BCUT2D eigenvalue weighted by molar-refractivity contribution is 0.268. The van der Waals surface area contributed by atoms with E-state index in [0.29, 0.717) is 0 Å². The van der Waals surface area contributed by atoms with Crippen LogP contribution in [0.4, 0.5) is 11.4 Å². The lowest BCUT2D eigenvalue weighted by Crippen LogP contribution is -2.52. The Morgan fingerprint density at radius 1 is 0.481 bits per heavy atom. The molecule has 4 aromatic carbocycles. The third kappa shape index (κ3) is 3.21. The molecule has 2 nitrogen and oxygen atoms in total. The molecular weight excluding hydrogens is 629 g/mol. The van der Waals surface area contributed by atoms with Crippen LogP contribution in [0, 0.1) is 28.6 Å². The van der Waals surface area contributed by atoms with Gasteiger partial charge in [0.05, 0.1) is 11.3 Å². The van der Waals surface area contributed by atoms with E-state index in [1.807, 2.05) is 0 Å². The molecule has 2 heteroatoms. The molecule has 0 fully saturated rings. The summed E-state index contributed by atoms with van der Waals surface area (Å²) in [6.07, 6.45) is 18.8. The Kier molecular flexibility index (Phi) is 5.38. The van der Waals surface area contributed by atoms with Gasteiger partial charge in [-0.15, -0.1) is 0 Å². The second kappa shape index (κ2) is 9.97. The fourth-order valence-corrected chi connectivity index (χ4v) is 10.9. The average Bonchev–Trinajstić information content (AvgIpc) is 4.03. The highest BCUT2D eigenvalue weighted by atomic mass is 15.2. The predicted molar refractivity (Wildman–Crippen MR) is 208 cm³/mol. The zero-order chi connectivity index (χ0) is 34.1. The molecule has 52 heavy (non-hydrogen) atoms. The molecule has 0 radical (unpaired) electrons. The van der Waals surface area contributed by atoms with E-state index in [4.69, 9.17) is 0 Å². The van der Waals surface area contributed by atoms with Gasteiger partial charge < -0.3 is 4.90 Å². The number of hydrogen-bond acceptors (Lipinski definition) is 2. The summed E-state index contributed by atoms with van der Waals surface area (Å²) in [4.78, 5) is 2.49. The van der Waals surface area contributed by atoms with Crippen molar-refractivity contribution in [2.45, 2.75) is 0 Å². The van der Waals surface area contributed by atoms with E-state index in [-0.39, 0.29) is 11.8 Å². The molecule has 0 aromatic heterocycles. The number of benzene rings is 4. The lowest BCUT2D eigenvalue weighted by Gasteiger charge is -2.59. The minimum Gasteiger partial charge on any atom is -0.310 e. The molecule has 4 aromatic rings. The van der Waals surface area contributed by atoms with Crippen molar-refractivity contribution in [1.82, 2.24) is 0 Å². The molecule has 0 N–H and O–H groups in total. The van der Waals surface area contributed by atoms with Gasteiger partial charge in [-0.25, -0.2) is 0 Å². The number of anilines is 2. The molecule has 0 saturated heterocycles. The van der Waals surface area contributed by atoms with Crippen LogP contribution in [0.25, 0.3) is 11.1 Å². The Bertz CT molecular complexity index is 2710. The number of hydrogen-bond donors (Lipinski definition) is 0. The monoisotopic (exact) mass is 658 g/mol. The molecule has 0 aliphatic heterocycles. The largest absolute Gasteiger partial charge is 0.310 e. The van der Waals surface area contributed by atoms with E-state index in [1.54, 1.807) is 0 Å². The Balaban J connectivity index is 1.26. The van der Waals surface area contributed by atoms with Gasteiger partial charge in [-0.05, 0) is 96.7 Å². The fraction of sp³-hybridized carbons (Fsp3) is 0.0600. The first kappa shape index (κ1) is 28.1. The maximum atomic E-state index is 11.0. The van der Waals surface area contributed by atoms with Crippen LogP contribution in [0.3, 0.4) is 0 Å². The van der Waals surface area contributed by atoms with E-state index < -0.39 is 5.41 Å². The smallest absolute Gasteiger partial charge is 0.100 e. The summed E-state index contributed by atoms with van der Waals surface area (Å²) < 4.78 is 0. The van der Waals surface area contributed by atoms with Crippen molar-refractivity contribution in [2.24, 2.45) is 17.3 Å². The topological polar surface area (TPSA) is 27.0 Å². The third-order valence-electron chi connectivity index (χ3n) is 12.5. The first-order valence-electron chi connectivity index (χ1n) is 18.2. The molecule has 0 bridgehead atoms. The molecule has 1 spiro atoms. The highest BCUT2D eigenvalue weighted by Crippen LogP contribution is 2.77. The summed E-state index contributed by atoms with van der Waals surface area (Å²) in [7, 11) is 0. The SMILES string of the molecule is N#CC1=C2C=CC3=C(c4ccccc4)C4=C5C(=C(N(c6ccccc6)c6ccccc6)C6=CC=C7C(c8ccccc8)=C8C=CC1=C8C5(C76)C23)C=C4. The van der Waals surface area contributed by atoms with Crippen molar-refractivity contribution in [3.63, 3.8) is 0 Å². The first-order valence-corrected chi connectivity index (χ1v) is 18.2. The van der Waals surface area contributed by atoms with Gasteiger partial charge in [-0.1, -0.05) is 146 Å². The van der Waals surface area contributed by atoms with Gasteiger partial charge >= 0.3 is 0 Å². The predicted octanol–water partition coefficient (Wildman–Crippen LogP) is 11.2. The van der Waals surface area contributed by atoms with Crippen molar-refractivity contribution in [1.29, 1.82) is 5.26 Å². The van der Waals surface area contributed by atoms with Crippen LogP contribution in [0.5, 0.6) is 0 Å². The van der Waals surface area contributed by atoms with Gasteiger partial charge in [0.2, 0.25) is 0 Å². The third-order valence-corrected chi connectivity index (χ3v) is 12.5. The van der Waals surface area contributed by atoms with Crippen LogP contribution in [0.2, 0.25) is 0 Å². The standard InChI is InChI=1S/C50H30N2/c51-29-42-34-21-23-36-43(30-13-5-1-6-14-30)38-25-27-40-47(38)50(45(34)36)46-35(42)22-24-37(46)44(31-15-7-2-8-16-31)39-26-28-41(48(39)50)49(40)52(32-17-9-3-10-18-32)33-19-11-4-12-20-33/h1-28,45,48H. The molecule has 12 rings (SSSR count). The fourth-order valence-electron chi connectivity index (χ4n) is 10.9. The van der Waals surface area contributed by atoms with Crippen molar-refractivity contribution in [2.75, 3.05) is 4.90 Å². The number of rotatable bonds is 5. The Morgan fingerprint density at radius 3 is 1.65 bits per heavy atom. The number of nitriles is 1. The molecule has 0 amide bonds. The van der Waals surface area contributed by atoms with E-state index in [2.05, 4.69) is 181 Å². The van der Waals surface area contributed by atoms with Crippen LogP contribution >= 0.6 is 0 Å². The number of allylic oxidation sites excluding steroid dienone is 21. The van der Waals surface area contributed by atoms with Gasteiger partial charge in [0, 0.05) is 34.2 Å².